The fourth-order valence-corrected chi connectivity index (χ4v) is 2.26. The first kappa shape index (κ1) is 13.3. The van der Waals surface area contributed by atoms with Gasteiger partial charge in [-0.05, 0) is 50.5 Å². The summed E-state index contributed by atoms with van der Waals surface area (Å²) in [6, 6.07) is 12.5. The highest BCUT2D eigenvalue weighted by Gasteiger charge is 2.01. The third-order valence-corrected chi connectivity index (χ3v) is 3.26. The lowest BCUT2D eigenvalue weighted by Gasteiger charge is -2.07. The number of benzene rings is 2. The van der Waals surface area contributed by atoms with E-state index in [1.807, 2.05) is 24.4 Å². The molecule has 0 unspecified atom stereocenters. The molecule has 0 bridgehead atoms. The topological polar surface area (TPSA) is 24.4 Å². The number of aryl methyl sites for hydroxylation is 4. The highest BCUT2D eigenvalue weighted by molar-refractivity contribution is 5.84. The second-order valence-electron chi connectivity index (χ2n) is 5.00. The van der Waals surface area contributed by atoms with Gasteiger partial charge in [-0.2, -0.15) is 5.10 Å². The van der Waals surface area contributed by atoms with Gasteiger partial charge in [-0.15, -0.1) is 0 Å². The van der Waals surface area contributed by atoms with Crippen LogP contribution in [-0.4, -0.2) is 6.21 Å². The molecule has 0 saturated heterocycles. The first-order chi connectivity index (χ1) is 9.08. The predicted molar refractivity (Wildman–Crippen MR) is 83.0 cm³/mol. The molecule has 0 aromatic heterocycles. The Morgan fingerprint density at radius 2 is 1.53 bits per heavy atom. The quantitative estimate of drug-likeness (QED) is 0.636. The van der Waals surface area contributed by atoms with Crippen LogP contribution in [0.5, 0.6) is 0 Å². The Hall–Kier alpha value is -2.09. The minimum atomic E-state index is 1.04. The van der Waals surface area contributed by atoms with Gasteiger partial charge in [-0.1, -0.05) is 35.9 Å². The van der Waals surface area contributed by atoms with Crippen molar-refractivity contribution in [3.05, 3.63) is 64.2 Å². The smallest absolute Gasteiger partial charge is 0.0590 e. The molecule has 98 valence electrons. The molecule has 2 rings (SSSR count). The van der Waals surface area contributed by atoms with E-state index in [9.17, 15) is 0 Å². The van der Waals surface area contributed by atoms with E-state index < -0.39 is 0 Å². The molecule has 0 aliphatic carbocycles. The van der Waals surface area contributed by atoms with Gasteiger partial charge in [0.05, 0.1) is 11.9 Å². The van der Waals surface area contributed by atoms with Crippen molar-refractivity contribution in [3.8, 4) is 0 Å². The average molecular weight is 252 g/mol. The average Bonchev–Trinajstić information content (AvgIpc) is 2.34. The number of nitrogens with one attached hydrogen (secondary N) is 1. The van der Waals surface area contributed by atoms with E-state index in [4.69, 9.17) is 0 Å². The number of hydrazone groups is 1. The van der Waals surface area contributed by atoms with E-state index in [1.165, 1.54) is 27.8 Å². The zero-order valence-corrected chi connectivity index (χ0v) is 12.0. The van der Waals surface area contributed by atoms with E-state index >= 15 is 0 Å². The molecule has 2 nitrogen and oxygen atoms in total. The predicted octanol–water partition coefficient (Wildman–Crippen LogP) is 4.37. The number of para-hydroxylation sites is 1. The maximum atomic E-state index is 4.35. The normalized spacial score (nSPS) is 10.9. The van der Waals surface area contributed by atoms with Crippen molar-refractivity contribution < 1.29 is 0 Å². The minimum Gasteiger partial charge on any atom is -0.278 e. The first-order valence-corrected chi connectivity index (χ1v) is 6.50. The Labute approximate surface area is 115 Å². The molecule has 0 aliphatic rings. The van der Waals surface area contributed by atoms with Crippen LogP contribution in [0.3, 0.4) is 0 Å². The molecule has 2 aromatic carbocycles. The number of nitrogens with zero attached hydrogens (tertiary/aromatic N) is 1. The zero-order chi connectivity index (χ0) is 13.8. The van der Waals surface area contributed by atoms with E-state index in [-0.39, 0.29) is 0 Å². The highest BCUT2D eigenvalue weighted by Crippen LogP contribution is 2.15. The minimum absolute atomic E-state index is 1.04. The van der Waals surface area contributed by atoms with Crippen LogP contribution in [0.25, 0.3) is 0 Å². The van der Waals surface area contributed by atoms with Crippen LogP contribution in [0, 0.1) is 27.7 Å². The van der Waals surface area contributed by atoms with Crippen molar-refractivity contribution in [2.75, 3.05) is 5.43 Å². The molecule has 1 N–H and O–H groups in total. The van der Waals surface area contributed by atoms with Crippen molar-refractivity contribution in [3.63, 3.8) is 0 Å². The molecule has 2 aromatic rings. The summed E-state index contributed by atoms with van der Waals surface area (Å²) in [7, 11) is 0. The van der Waals surface area contributed by atoms with Crippen molar-refractivity contribution in [1.82, 2.24) is 0 Å². The summed E-state index contributed by atoms with van der Waals surface area (Å²) >= 11 is 0. The molecule has 0 heterocycles. The summed E-state index contributed by atoms with van der Waals surface area (Å²) in [5.41, 5.74) is 10.3. The maximum Gasteiger partial charge on any atom is 0.0590 e. The van der Waals surface area contributed by atoms with Crippen LogP contribution in [-0.2, 0) is 0 Å². The van der Waals surface area contributed by atoms with Crippen molar-refractivity contribution in [2.45, 2.75) is 27.7 Å². The summed E-state index contributed by atoms with van der Waals surface area (Å²) in [6.45, 7) is 8.43. The Kier molecular flexibility index (Phi) is 4.00. The summed E-state index contributed by atoms with van der Waals surface area (Å²) in [5, 5.41) is 4.35. The van der Waals surface area contributed by atoms with Gasteiger partial charge >= 0.3 is 0 Å². The maximum absolute atomic E-state index is 4.35. The van der Waals surface area contributed by atoms with Crippen LogP contribution in [0.1, 0.15) is 27.8 Å². The molecule has 19 heavy (non-hydrogen) atoms. The third kappa shape index (κ3) is 3.22. The molecule has 0 amide bonds. The lowest BCUT2D eigenvalue weighted by atomic mass is 10.0. The van der Waals surface area contributed by atoms with Crippen LogP contribution in [0.4, 0.5) is 5.69 Å². The van der Waals surface area contributed by atoms with Gasteiger partial charge in [0, 0.05) is 5.56 Å². The van der Waals surface area contributed by atoms with Crippen LogP contribution < -0.4 is 5.43 Å². The fraction of sp³-hybridized carbons (Fsp3) is 0.235. The van der Waals surface area contributed by atoms with E-state index in [2.05, 4.69) is 56.4 Å². The molecule has 2 heteroatoms. The van der Waals surface area contributed by atoms with Crippen LogP contribution in [0.2, 0.25) is 0 Å². The summed E-state index contributed by atoms with van der Waals surface area (Å²) in [4.78, 5) is 0. The summed E-state index contributed by atoms with van der Waals surface area (Å²) in [5.74, 6) is 0. The molecular weight excluding hydrogens is 232 g/mol. The lowest BCUT2D eigenvalue weighted by molar-refractivity contribution is 1.28. The summed E-state index contributed by atoms with van der Waals surface area (Å²) in [6.07, 6.45) is 1.90. The van der Waals surface area contributed by atoms with Gasteiger partial charge in [0.15, 0.2) is 0 Å². The van der Waals surface area contributed by atoms with Gasteiger partial charge in [-0.25, -0.2) is 0 Å². The largest absolute Gasteiger partial charge is 0.278 e. The SMILES string of the molecule is Cc1cc(C)c(/C=N\Nc2ccccc2C)c(C)c1. The third-order valence-electron chi connectivity index (χ3n) is 3.26. The Morgan fingerprint density at radius 1 is 0.895 bits per heavy atom. The Balaban J connectivity index is 2.18. The standard InChI is InChI=1S/C17H20N2/c1-12-9-14(3)16(15(4)10-12)11-18-19-17-8-6-5-7-13(17)2/h5-11,19H,1-4H3/b18-11-. The van der Waals surface area contributed by atoms with Gasteiger partial charge in [0.1, 0.15) is 0 Å². The number of anilines is 1. The molecule has 0 spiro atoms. The summed E-state index contributed by atoms with van der Waals surface area (Å²) < 4.78 is 0. The van der Waals surface area contributed by atoms with Gasteiger partial charge < -0.3 is 0 Å². The van der Waals surface area contributed by atoms with Gasteiger partial charge in [0.25, 0.3) is 0 Å². The van der Waals surface area contributed by atoms with Gasteiger partial charge in [0.2, 0.25) is 0 Å². The number of hydrogen-bond donors (Lipinski definition) is 1. The van der Waals surface area contributed by atoms with Crippen molar-refractivity contribution >= 4 is 11.9 Å². The van der Waals surface area contributed by atoms with Crippen molar-refractivity contribution in [1.29, 1.82) is 0 Å². The second kappa shape index (κ2) is 5.70. The van der Waals surface area contributed by atoms with Crippen molar-refractivity contribution in [2.24, 2.45) is 5.10 Å². The molecule has 0 aliphatic heterocycles. The van der Waals surface area contributed by atoms with Gasteiger partial charge in [-0.3, -0.25) is 5.43 Å². The number of hydrogen-bond acceptors (Lipinski definition) is 2. The molecule has 0 atom stereocenters. The fourth-order valence-electron chi connectivity index (χ4n) is 2.26. The zero-order valence-electron chi connectivity index (χ0n) is 12.0. The molecule has 0 fully saturated rings. The Morgan fingerprint density at radius 3 is 2.16 bits per heavy atom. The highest BCUT2D eigenvalue weighted by atomic mass is 15.3. The van der Waals surface area contributed by atoms with E-state index in [0.717, 1.165) is 5.69 Å². The second-order valence-corrected chi connectivity index (χ2v) is 5.00. The van der Waals surface area contributed by atoms with Crippen LogP contribution >= 0.6 is 0 Å². The molecular formula is C17H20N2. The van der Waals surface area contributed by atoms with Crippen LogP contribution in [0.15, 0.2) is 41.5 Å². The first-order valence-electron chi connectivity index (χ1n) is 6.50. The monoisotopic (exact) mass is 252 g/mol. The Bertz CT molecular complexity index is 589. The van der Waals surface area contributed by atoms with E-state index in [1.54, 1.807) is 0 Å². The lowest BCUT2D eigenvalue weighted by Crippen LogP contribution is -1.97. The number of rotatable bonds is 3. The molecule has 0 saturated carbocycles. The van der Waals surface area contributed by atoms with E-state index in [0.29, 0.717) is 0 Å². The molecule has 0 radical (unpaired) electrons.